The molecule has 1 heterocycles. The van der Waals surface area contributed by atoms with Crippen LogP contribution >= 0.6 is 0 Å². The molecule has 0 aliphatic heterocycles. The Morgan fingerprint density at radius 2 is 2.15 bits per heavy atom. The smallest absolute Gasteiger partial charge is 0.271 e. The lowest BCUT2D eigenvalue weighted by Crippen LogP contribution is -2.36. The fourth-order valence-corrected chi connectivity index (χ4v) is 2.74. The molecule has 1 amide bonds. The van der Waals surface area contributed by atoms with Crippen molar-refractivity contribution >= 4 is 5.91 Å². The monoisotopic (exact) mass is 276 g/mol. The van der Waals surface area contributed by atoms with E-state index >= 15 is 0 Å². The highest BCUT2D eigenvalue weighted by Crippen LogP contribution is 2.21. The molecule has 0 spiro atoms. The molecular weight excluding hydrogens is 252 g/mol. The quantitative estimate of drug-likeness (QED) is 0.806. The van der Waals surface area contributed by atoms with E-state index in [-0.39, 0.29) is 5.91 Å². The number of amides is 1. The molecule has 1 fully saturated rings. The highest BCUT2D eigenvalue weighted by atomic mass is 16.1. The summed E-state index contributed by atoms with van der Waals surface area (Å²) in [5, 5.41) is 2.89. The molecule has 5 heteroatoms. The predicted molar refractivity (Wildman–Crippen MR) is 78.5 cm³/mol. The second-order valence-corrected chi connectivity index (χ2v) is 5.47. The van der Waals surface area contributed by atoms with E-state index in [0.717, 1.165) is 19.0 Å². The molecule has 20 heavy (non-hydrogen) atoms. The van der Waals surface area contributed by atoms with Crippen molar-refractivity contribution in [2.24, 2.45) is 0 Å². The molecule has 0 bridgehead atoms. The highest BCUT2D eigenvalue weighted by molar-refractivity contribution is 5.91. The van der Waals surface area contributed by atoms with Crippen LogP contribution in [-0.2, 0) is 0 Å². The Morgan fingerprint density at radius 3 is 2.85 bits per heavy atom. The minimum atomic E-state index is -0.140. The number of carbonyl (C=O) groups is 1. The fraction of sp³-hybridized carbons (Fsp3) is 0.667. The van der Waals surface area contributed by atoms with Crippen molar-refractivity contribution in [3.8, 4) is 0 Å². The van der Waals surface area contributed by atoms with E-state index in [1.807, 2.05) is 0 Å². The molecule has 1 aliphatic rings. The first-order valence-electron chi connectivity index (χ1n) is 7.52. The first-order chi connectivity index (χ1) is 9.77. The molecular formula is C15H24N4O. The molecule has 1 aromatic heterocycles. The summed E-state index contributed by atoms with van der Waals surface area (Å²) in [7, 11) is 2.19. The second-order valence-electron chi connectivity index (χ2n) is 5.47. The summed E-state index contributed by atoms with van der Waals surface area (Å²) in [6.45, 7) is 1.72. The van der Waals surface area contributed by atoms with Crippen molar-refractivity contribution in [3.05, 3.63) is 24.3 Å². The van der Waals surface area contributed by atoms with Crippen LogP contribution in [0.15, 0.2) is 18.6 Å². The maximum absolute atomic E-state index is 11.8. The van der Waals surface area contributed by atoms with Crippen LogP contribution in [-0.4, -0.2) is 47.0 Å². The molecule has 0 radical (unpaired) electrons. The second kappa shape index (κ2) is 7.94. The third-order valence-corrected chi connectivity index (χ3v) is 3.97. The van der Waals surface area contributed by atoms with Crippen LogP contribution in [0.3, 0.4) is 0 Å². The van der Waals surface area contributed by atoms with E-state index in [1.54, 1.807) is 6.20 Å². The van der Waals surface area contributed by atoms with Crippen LogP contribution in [0.5, 0.6) is 0 Å². The Hall–Kier alpha value is -1.49. The lowest BCUT2D eigenvalue weighted by atomic mass is 9.94. The summed E-state index contributed by atoms with van der Waals surface area (Å²) < 4.78 is 0. The molecule has 1 aromatic rings. The molecule has 1 N–H and O–H groups in total. The van der Waals surface area contributed by atoms with Gasteiger partial charge in [-0.15, -0.1) is 0 Å². The summed E-state index contributed by atoms with van der Waals surface area (Å²) in [5.74, 6) is -0.140. The zero-order valence-electron chi connectivity index (χ0n) is 12.2. The summed E-state index contributed by atoms with van der Waals surface area (Å²) in [4.78, 5) is 22.1. The van der Waals surface area contributed by atoms with Crippen LogP contribution in [0.2, 0.25) is 0 Å². The van der Waals surface area contributed by atoms with Crippen LogP contribution < -0.4 is 5.32 Å². The SMILES string of the molecule is CN(CCCNC(=O)c1cnccn1)C1CCCCC1. The van der Waals surface area contributed by atoms with E-state index in [2.05, 4.69) is 27.2 Å². The maximum Gasteiger partial charge on any atom is 0.271 e. The van der Waals surface area contributed by atoms with E-state index in [1.165, 1.54) is 44.5 Å². The molecule has 5 nitrogen and oxygen atoms in total. The summed E-state index contributed by atoms with van der Waals surface area (Å²) >= 11 is 0. The minimum absolute atomic E-state index is 0.140. The number of hydrogen-bond donors (Lipinski definition) is 1. The topological polar surface area (TPSA) is 58.1 Å². The first kappa shape index (κ1) is 14.9. The molecule has 0 atom stereocenters. The summed E-state index contributed by atoms with van der Waals surface area (Å²) in [6.07, 6.45) is 12.3. The third kappa shape index (κ3) is 4.56. The number of hydrogen-bond acceptors (Lipinski definition) is 4. The lowest BCUT2D eigenvalue weighted by molar-refractivity contribution is 0.0945. The number of aromatic nitrogens is 2. The molecule has 1 saturated carbocycles. The molecule has 110 valence electrons. The van der Waals surface area contributed by atoms with Gasteiger partial charge in [0.05, 0.1) is 6.20 Å². The van der Waals surface area contributed by atoms with Crippen LogP contribution in [0.25, 0.3) is 0 Å². The van der Waals surface area contributed by atoms with Gasteiger partial charge in [0, 0.05) is 25.0 Å². The lowest BCUT2D eigenvalue weighted by Gasteiger charge is -2.31. The molecule has 1 aliphatic carbocycles. The zero-order valence-corrected chi connectivity index (χ0v) is 12.2. The maximum atomic E-state index is 11.8. The molecule has 2 rings (SSSR count). The predicted octanol–water partition coefficient (Wildman–Crippen LogP) is 1.86. The summed E-state index contributed by atoms with van der Waals surface area (Å²) in [5.41, 5.74) is 0.383. The number of rotatable bonds is 6. The normalized spacial score (nSPS) is 16.3. The van der Waals surface area contributed by atoms with Crippen molar-refractivity contribution < 1.29 is 4.79 Å². The van der Waals surface area contributed by atoms with Gasteiger partial charge in [0.25, 0.3) is 5.91 Å². The molecule has 0 aromatic carbocycles. The van der Waals surface area contributed by atoms with Crippen molar-refractivity contribution in [1.29, 1.82) is 0 Å². The van der Waals surface area contributed by atoms with Crippen molar-refractivity contribution in [2.75, 3.05) is 20.1 Å². The fourth-order valence-electron chi connectivity index (χ4n) is 2.74. The molecule has 0 unspecified atom stereocenters. The third-order valence-electron chi connectivity index (χ3n) is 3.97. The van der Waals surface area contributed by atoms with Crippen molar-refractivity contribution in [2.45, 2.75) is 44.6 Å². The van der Waals surface area contributed by atoms with Gasteiger partial charge in [-0.1, -0.05) is 19.3 Å². The van der Waals surface area contributed by atoms with E-state index in [0.29, 0.717) is 12.2 Å². The van der Waals surface area contributed by atoms with Gasteiger partial charge in [-0.2, -0.15) is 0 Å². The minimum Gasteiger partial charge on any atom is -0.351 e. The zero-order chi connectivity index (χ0) is 14.2. The van der Waals surface area contributed by atoms with Gasteiger partial charge in [0.2, 0.25) is 0 Å². The number of nitrogens with one attached hydrogen (secondary N) is 1. The Morgan fingerprint density at radius 1 is 1.35 bits per heavy atom. The van der Waals surface area contributed by atoms with Crippen LogP contribution in [0, 0.1) is 0 Å². The van der Waals surface area contributed by atoms with Gasteiger partial charge in [-0.3, -0.25) is 9.78 Å². The summed E-state index contributed by atoms with van der Waals surface area (Å²) in [6, 6.07) is 0.736. The largest absolute Gasteiger partial charge is 0.351 e. The molecule has 0 saturated heterocycles. The van der Waals surface area contributed by atoms with Gasteiger partial charge in [0.15, 0.2) is 0 Å². The van der Waals surface area contributed by atoms with Gasteiger partial charge in [-0.05, 0) is 32.9 Å². The average Bonchev–Trinajstić information content (AvgIpc) is 2.53. The first-order valence-corrected chi connectivity index (χ1v) is 7.52. The van der Waals surface area contributed by atoms with Gasteiger partial charge in [0.1, 0.15) is 5.69 Å². The highest BCUT2D eigenvalue weighted by Gasteiger charge is 2.17. The van der Waals surface area contributed by atoms with E-state index < -0.39 is 0 Å². The average molecular weight is 276 g/mol. The Bertz CT molecular complexity index is 404. The van der Waals surface area contributed by atoms with Crippen molar-refractivity contribution in [3.63, 3.8) is 0 Å². The van der Waals surface area contributed by atoms with Gasteiger partial charge < -0.3 is 10.2 Å². The van der Waals surface area contributed by atoms with Gasteiger partial charge >= 0.3 is 0 Å². The van der Waals surface area contributed by atoms with E-state index in [9.17, 15) is 4.79 Å². The Kier molecular flexibility index (Phi) is 5.92. The van der Waals surface area contributed by atoms with Crippen LogP contribution in [0.1, 0.15) is 49.0 Å². The number of carbonyl (C=O) groups excluding carboxylic acids is 1. The Balaban J connectivity index is 1.62. The van der Waals surface area contributed by atoms with Crippen molar-refractivity contribution in [1.82, 2.24) is 20.2 Å². The van der Waals surface area contributed by atoms with Gasteiger partial charge in [-0.25, -0.2) is 4.98 Å². The number of nitrogens with zero attached hydrogens (tertiary/aromatic N) is 3. The van der Waals surface area contributed by atoms with Crippen LogP contribution in [0.4, 0.5) is 0 Å². The Labute approximate surface area is 120 Å². The van der Waals surface area contributed by atoms with E-state index in [4.69, 9.17) is 0 Å². The standard InChI is InChI=1S/C15H24N4O/c1-19(13-6-3-2-4-7-13)11-5-8-18-15(20)14-12-16-9-10-17-14/h9-10,12-13H,2-8,11H2,1H3,(H,18,20).